The molecule has 91 valence electrons. The van der Waals surface area contributed by atoms with Crippen molar-refractivity contribution < 1.29 is 14.3 Å². The summed E-state index contributed by atoms with van der Waals surface area (Å²) in [6.07, 6.45) is 5.16. The second-order valence-electron chi connectivity index (χ2n) is 3.85. The molecule has 0 fully saturated rings. The topological polar surface area (TPSA) is 43.4 Å². The zero-order valence-electron chi connectivity index (χ0n) is 9.85. The van der Waals surface area contributed by atoms with Crippen molar-refractivity contribution in [2.75, 3.05) is 0 Å². The number of carbonyl (C=O) groups is 1. The molecule has 0 aliphatic rings. The molecule has 1 radical (unpaired) electrons. The Kier molecular flexibility index (Phi) is 6.72. The predicted molar refractivity (Wildman–Crippen MR) is 65.0 cm³/mol. The summed E-state index contributed by atoms with van der Waals surface area (Å²) < 4.78 is 5.12. The van der Waals surface area contributed by atoms with E-state index in [0.717, 1.165) is 24.8 Å². The van der Waals surface area contributed by atoms with Crippen LogP contribution in [0.4, 0.5) is 0 Å². The van der Waals surface area contributed by atoms with Gasteiger partial charge >= 0.3 is 5.97 Å². The smallest absolute Gasteiger partial charge is 0.306 e. The minimum absolute atomic E-state index is 0.177. The van der Waals surface area contributed by atoms with Crippen LogP contribution in [0.5, 0.6) is 0 Å². The van der Waals surface area contributed by atoms with Crippen LogP contribution in [0.15, 0.2) is 30.3 Å². The third-order valence-corrected chi connectivity index (χ3v) is 2.40. The van der Waals surface area contributed by atoms with Crippen LogP contribution in [0.25, 0.3) is 0 Å². The zero-order chi connectivity index (χ0) is 12.3. The van der Waals surface area contributed by atoms with E-state index in [1.54, 1.807) is 0 Å². The van der Waals surface area contributed by atoms with Crippen LogP contribution in [-0.2, 0) is 20.9 Å². The fourth-order valence-electron chi connectivity index (χ4n) is 1.45. The number of unbranched alkanes of at least 4 members (excludes halogenated alkanes) is 3. The molecule has 3 heteroatoms. The maximum Gasteiger partial charge on any atom is 0.306 e. The molecule has 0 saturated heterocycles. The molecule has 0 atom stereocenters. The van der Waals surface area contributed by atoms with Crippen molar-refractivity contribution in [3.63, 3.8) is 0 Å². The molecule has 0 bridgehead atoms. The van der Waals surface area contributed by atoms with Crippen molar-refractivity contribution in [1.29, 1.82) is 0 Å². The van der Waals surface area contributed by atoms with Gasteiger partial charge in [-0.1, -0.05) is 36.8 Å². The maximum absolute atomic E-state index is 11.3. The van der Waals surface area contributed by atoms with Gasteiger partial charge in [-0.15, -0.1) is 0 Å². The normalized spacial score (nSPS) is 9.88. The van der Waals surface area contributed by atoms with Gasteiger partial charge in [0.05, 0.1) is 0 Å². The molecule has 1 aromatic carbocycles. The summed E-state index contributed by atoms with van der Waals surface area (Å²) in [5, 5.41) is 0. The standard InChI is InChI=1S/C14H17O3/c15-11-7-2-1-6-10-14(16)17-12-13-8-4-3-5-9-13/h3-5,8-9H,1-2,6-7,10,12H2. The first-order valence-corrected chi connectivity index (χ1v) is 5.87. The van der Waals surface area contributed by atoms with Crippen LogP contribution < -0.4 is 0 Å². The number of ether oxygens (including phenoxy) is 1. The highest BCUT2D eigenvalue weighted by molar-refractivity contribution is 5.69. The molecule has 0 unspecified atom stereocenters. The quantitative estimate of drug-likeness (QED) is 0.512. The highest BCUT2D eigenvalue weighted by atomic mass is 16.5. The Morgan fingerprint density at radius 3 is 2.59 bits per heavy atom. The average molecular weight is 233 g/mol. The summed E-state index contributed by atoms with van der Waals surface area (Å²) in [4.78, 5) is 21.3. The van der Waals surface area contributed by atoms with Crippen molar-refractivity contribution in [3.8, 4) is 0 Å². The summed E-state index contributed by atoms with van der Waals surface area (Å²) in [6, 6.07) is 9.61. The molecule has 0 aliphatic carbocycles. The highest BCUT2D eigenvalue weighted by Gasteiger charge is 2.02. The lowest BCUT2D eigenvalue weighted by atomic mass is 10.1. The van der Waals surface area contributed by atoms with Gasteiger partial charge in [0.25, 0.3) is 0 Å². The average Bonchev–Trinajstić information content (AvgIpc) is 2.37. The van der Waals surface area contributed by atoms with Gasteiger partial charge in [0, 0.05) is 12.8 Å². The number of benzene rings is 1. The third kappa shape index (κ3) is 6.51. The van der Waals surface area contributed by atoms with E-state index in [0.29, 0.717) is 19.4 Å². The lowest BCUT2D eigenvalue weighted by Gasteiger charge is -2.04. The molecule has 0 heterocycles. The fraction of sp³-hybridized carbons (Fsp3) is 0.429. The van der Waals surface area contributed by atoms with Crippen molar-refractivity contribution in [2.24, 2.45) is 0 Å². The van der Waals surface area contributed by atoms with E-state index in [1.165, 1.54) is 0 Å². The summed E-state index contributed by atoms with van der Waals surface area (Å²) in [7, 11) is 0. The Hall–Kier alpha value is -1.64. The number of rotatable bonds is 8. The van der Waals surface area contributed by atoms with E-state index in [1.807, 2.05) is 36.6 Å². The first-order chi connectivity index (χ1) is 8.33. The van der Waals surface area contributed by atoms with Gasteiger partial charge < -0.3 is 4.74 Å². The number of carbonyl (C=O) groups excluding carboxylic acids is 2. The third-order valence-electron chi connectivity index (χ3n) is 2.40. The Bertz CT molecular complexity index is 333. The van der Waals surface area contributed by atoms with Crippen molar-refractivity contribution >= 4 is 12.3 Å². The Morgan fingerprint density at radius 1 is 1.12 bits per heavy atom. The Labute approximate surface area is 102 Å². The molecule has 3 nitrogen and oxygen atoms in total. The molecule has 0 aromatic heterocycles. The van der Waals surface area contributed by atoms with Gasteiger partial charge in [-0.2, -0.15) is 0 Å². The van der Waals surface area contributed by atoms with Crippen LogP contribution in [0.2, 0.25) is 0 Å². The number of esters is 1. The molecule has 0 aliphatic heterocycles. The van der Waals surface area contributed by atoms with Crippen LogP contribution >= 0.6 is 0 Å². The minimum Gasteiger partial charge on any atom is -0.461 e. The Balaban J connectivity index is 2.07. The maximum atomic E-state index is 11.3. The van der Waals surface area contributed by atoms with Gasteiger partial charge in [0.1, 0.15) is 6.61 Å². The highest BCUT2D eigenvalue weighted by Crippen LogP contribution is 2.05. The van der Waals surface area contributed by atoms with Crippen LogP contribution in [0.3, 0.4) is 0 Å². The second kappa shape index (κ2) is 8.50. The molecule has 1 aromatic rings. The first kappa shape index (κ1) is 13.4. The first-order valence-electron chi connectivity index (χ1n) is 5.87. The van der Waals surface area contributed by atoms with Gasteiger partial charge in [-0.05, 0) is 18.4 Å². The molecule has 0 saturated carbocycles. The molecular formula is C14H17O3. The molecule has 0 amide bonds. The summed E-state index contributed by atoms with van der Waals surface area (Å²) >= 11 is 0. The van der Waals surface area contributed by atoms with Crippen molar-refractivity contribution in [1.82, 2.24) is 0 Å². The van der Waals surface area contributed by atoms with Crippen LogP contribution in [0, 0.1) is 0 Å². The molecular weight excluding hydrogens is 216 g/mol. The molecule has 0 N–H and O–H groups in total. The summed E-state index contributed by atoms with van der Waals surface area (Å²) in [5.74, 6) is -0.177. The van der Waals surface area contributed by atoms with E-state index < -0.39 is 0 Å². The minimum atomic E-state index is -0.177. The Morgan fingerprint density at radius 2 is 1.88 bits per heavy atom. The largest absolute Gasteiger partial charge is 0.461 e. The van der Waals surface area contributed by atoms with Gasteiger partial charge in [-0.25, -0.2) is 0 Å². The van der Waals surface area contributed by atoms with E-state index >= 15 is 0 Å². The SMILES string of the molecule is O=[C]CCCCCC(=O)OCc1ccccc1. The fourth-order valence-corrected chi connectivity index (χ4v) is 1.45. The summed E-state index contributed by atoms with van der Waals surface area (Å²) in [6.45, 7) is 0.335. The number of hydrogen-bond donors (Lipinski definition) is 0. The molecule has 1 rings (SSSR count). The van der Waals surface area contributed by atoms with E-state index in [-0.39, 0.29) is 5.97 Å². The van der Waals surface area contributed by atoms with Crippen LogP contribution in [-0.4, -0.2) is 12.3 Å². The van der Waals surface area contributed by atoms with E-state index in [4.69, 9.17) is 4.74 Å². The molecule has 17 heavy (non-hydrogen) atoms. The lowest BCUT2D eigenvalue weighted by molar-refractivity contribution is -0.145. The van der Waals surface area contributed by atoms with Crippen LogP contribution in [0.1, 0.15) is 37.7 Å². The second-order valence-corrected chi connectivity index (χ2v) is 3.85. The monoisotopic (exact) mass is 233 g/mol. The van der Waals surface area contributed by atoms with Crippen molar-refractivity contribution in [2.45, 2.75) is 38.7 Å². The molecule has 0 spiro atoms. The van der Waals surface area contributed by atoms with Crippen molar-refractivity contribution in [3.05, 3.63) is 35.9 Å². The van der Waals surface area contributed by atoms with E-state index in [2.05, 4.69) is 0 Å². The lowest BCUT2D eigenvalue weighted by Crippen LogP contribution is -2.04. The van der Waals surface area contributed by atoms with Gasteiger partial charge in [-0.3, -0.25) is 9.59 Å². The van der Waals surface area contributed by atoms with Gasteiger partial charge in [0.15, 0.2) is 6.29 Å². The van der Waals surface area contributed by atoms with E-state index in [9.17, 15) is 9.59 Å². The predicted octanol–water partition coefficient (Wildman–Crippen LogP) is 2.79. The number of hydrogen-bond acceptors (Lipinski definition) is 3. The zero-order valence-corrected chi connectivity index (χ0v) is 9.85. The summed E-state index contributed by atoms with van der Waals surface area (Å²) in [5.41, 5.74) is 0.997. The van der Waals surface area contributed by atoms with Gasteiger partial charge in [0.2, 0.25) is 0 Å².